The first-order valence-electron chi connectivity index (χ1n) is 8.66. The van der Waals surface area contributed by atoms with Gasteiger partial charge in [0, 0.05) is 5.56 Å². The number of para-hydroxylation sites is 2. The van der Waals surface area contributed by atoms with E-state index in [2.05, 4.69) is 9.97 Å². The maximum absolute atomic E-state index is 5.95. The number of methoxy groups -OCH3 is 2. The molecule has 27 heavy (non-hydrogen) atoms. The molecule has 0 saturated carbocycles. The van der Waals surface area contributed by atoms with E-state index in [9.17, 15) is 0 Å². The summed E-state index contributed by atoms with van der Waals surface area (Å²) in [5.41, 5.74) is 3.91. The standard InChI is InChI=1S/C22H20N2O3/c1-25-17-7-5-6-15(12-17)14-27-20-11-10-16(13-21(20)26-2)22-23-18-8-3-4-9-19(18)24-22/h3-13H,14H2,1-2H3,(H,23,24). The van der Waals surface area contributed by atoms with Crippen LogP contribution >= 0.6 is 0 Å². The Balaban J connectivity index is 1.57. The van der Waals surface area contributed by atoms with Gasteiger partial charge >= 0.3 is 0 Å². The summed E-state index contributed by atoms with van der Waals surface area (Å²) in [7, 11) is 3.29. The Kier molecular flexibility index (Phi) is 4.66. The van der Waals surface area contributed by atoms with Crippen molar-refractivity contribution >= 4 is 11.0 Å². The van der Waals surface area contributed by atoms with Crippen molar-refractivity contribution in [1.82, 2.24) is 9.97 Å². The van der Waals surface area contributed by atoms with Crippen molar-refractivity contribution in [3.05, 3.63) is 72.3 Å². The van der Waals surface area contributed by atoms with Gasteiger partial charge in [0.05, 0.1) is 25.3 Å². The lowest BCUT2D eigenvalue weighted by Crippen LogP contribution is -1.98. The zero-order valence-electron chi connectivity index (χ0n) is 15.2. The van der Waals surface area contributed by atoms with E-state index in [1.165, 1.54) is 0 Å². The maximum Gasteiger partial charge on any atom is 0.161 e. The predicted molar refractivity (Wildman–Crippen MR) is 105 cm³/mol. The molecule has 5 nitrogen and oxygen atoms in total. The SMILES string of the molecule is COc1cccc(COc2ccc(-c3nc4ccccc4[nH]3)cc2OC)c1. The average molecular weight is 360 g/mol. The molecule has 136 valence electrons. The van der Waals surface area contributed by atoms with E-state index in [1.54, 1.807) is 14.2 Å². The number of ether oxygens (including phenoxy) is 3. The molecular weight excluding hydrogens is 340 g/mol. The van der Waals surface area contributed by atoms with Gasteiger partial charge in [0.15, 0.2) is 11.5 Å². The molecule has 1 heterocycles. The van der Waals surface area contributed by atoms with Crippen molar-refractivity contribution in [3.8, 4) is 28.6 Å². The van der Waals surface area contributed by atoms with Crippen molar-refractivity contribution in [2.75, 3.05) is 14.2 Å². The molecule has 0 aliphatic carbocycles. The van der Waals surface area contributed by atoms with E-state index in [-0.39, 0.29) is 0 Å². The van der Waals surface area contributed by atoms with Crippen LogP contribution in [0.15, 0.2) is 66.7 Å². The molecule has 5 heteroatoms. The zero-order chi connectivity index (χ0) is 18.6. The number of aromatic nitrogens is 2. The summed E-state index contributed by atoms with van der Waals surface area (Å²) in [4.78, 5) is 7.97. The number of rotatable bonds is 6. The van der Waals surface area contributed by atoms with Crippen molar-refractivity contribution in [3.63, 3.8) is 0 Å². The van der Waals surface area contributed by atoms with Crippen LogP contribution in [0.5, 0.6) is 17.2 Å². The lowest BCUT2D eigenvalue weighted by molar-refractivity contribution is 0.284. The molecule has 1 aromatic heterocycles. The number of fused-ring (bicyclic) bond motifs is 1. The predicted octanol–water partition coefficient (Wildman–Crippen LogP) is 4.83. The van der Waals surface area contributed by atoms with Gasteiger partial charge in [0.1, 0.15) is 18.2 Å². The van der Waals surface area contributed by atoms with Crippen LogP contribution in [0.2, 0.25) is 0 Å². The maximum atomic E-state index is 5.95. The van der Waals surface area contributed by atoms with Gasteiger partial charge in [-0.3, -0.25) is 0 Å². The van der Waals surface area contributed by atoms with Gasteiger partial charge in [-0.2, -0.15) is 0 Å². The van der Waals surface area contributed by atoms with Gasteiger partial charge in [-0.15, -0.1) is 0 Å². The van der Waals surface area contributed by atoms with Crippen LogP contribution < -0.4 is 14.2 Å². The quantitative estimate of drug-likeness (QED) is 0.535. The summed E-state index contributed by atoms with van der Waals surface area (Å²) < 4.78 is 16.7. The van der Waals surface area contributed by atoms with Gasteiger partial charge in [-0.05, 0) is 48.0 Å². The number of hydrogen-bond donors (Lipinski definition) is 1. The molecule has 4 aromatic rings. The van der Waals surface area contributed by atoms with Crippen LogP contribution in [0.1, 0.15) is 5.56 Å². The van der Waals surface area contributed by atoms with E-state index in [1.807, 2.05) is 66.7 Å². The summed E-state index contributed by atoms with van der Waals surface area (Å²) in [6.45, 7) is 0.428. The number of aromatic amines is 1. The van der Waals surface area contributed by atoms with E-state index in [4.69, 9.17) is 14.2 Å². The monoisotopic (exact) mass is 360 g/mol. The van der Waals surface area contributed by atoms with Crippen molar-refractivity contribution in [1.29, 1.82) is 0 Å². The summed E-state index contributed by atoms with van der Waals surface area (Å²) in [6.07, 6.45) is 0. The molecule has 1 N–H and O–H groups in total. The van der Waals surface area contributed by atoms with Gasteiger partial charge < -0.3 is 19.2 Å². The Morgan fingerprint density at radius 2 is 1.74 bits per heavy atom. The van der Waals surface area contributed by atoms with E-state index < -0.39 is 0 Å². The first kappa shape index (κ1) is 17.0. The minimum absolute atomic E-state index is 0.428. The first-order chi connectivity index (χ1) is 13.3. The summed E-state index contributed by atoms with van der Waals surface area (Å²) >= 11 is 0. The van der Waals surface area contributed by atoms with Crippen LogP contribution in [0.4, 0.5) is 0 Å². The second-order valence-electron chi connectivity index (χ2n) is 6.11. The van der Waals surface area contributed by atoms with Crippen molar-refractivity contribution in [2.24, 2.45) is 0 Å². The molecule has 3 aromatic carbocycles. The number of benzene rings is 3. The second-order valence-corrected chi connectivity index (χ2v) is 6.11. The van der Waals surface area contributed by atoms with E-state index in [0.29, 0.717) is 18.1 Å². The molecule has 0 fully saturated rings. The van der Waals surface area contributed by atoms with Crippen LogP contribution in [0, 0.1) is 0 Å². The Morgan fingerprint density at radius 3 is 2.56 bits per heavy atom. The molecule has 0 bridgehead atoms. The molecule has 0 saturated heterocycles. The van der Waals surface area contributed by atoms with Crippen LogP contribution in [-0.4, -0.2) is 24.2 Å². The van der Waals surface area contributed by atoms with Crippen molar-refractivity contribution in [2.45, 2.75) is 6.61 Å². The molecule has 4 rings (SSSR count). The molecule has 0 unspecified atom stereocenters. The number of nitrogens with zero attached hydrogens (tertiary/aromatic N) is 1. The van der Waals surface area contributed by atoms with Crippen molar-refractivity contribution < 1.29 is 14.2 Å². The van der Waals surface area contributed by atoms with Gasteiger partial charge in [0.25, 0.3) is 0 Å². The van der Waals surface area contributed by atoms with E-state index in [0.717, 1.165) is 33.7 Å². The Bertz CT molecular complexity index is 1040. The number of H-pyrrole nitrogens is 1. The average Bonchev–Trinajstić information content (AvgIpc) is 3.16. The minimum Gasteiger partial charge on any atom is -0.497 e. The molecule has 0 spiro atoms. The third-order valence-corrected chi connectivity index (χ3v) is 4.35. The topological polar surface area (TPSA) is 56.4 Å². The highest BCUT2D eigenvalue weighted by atomic mass is 16.5. The summed E-state index contributed by atoms with van der Waals surface area (Å²) in [6, 6.07) is 21.6. The summed E-state index contributed by atoms with van der Waals surface area (Å²) in [5.74, 6) is 2.95. The lowest BCUT2D eigenvalue weighted by atomic mass is 10.2. The highest BCUT2D eigenvalue weighted by Gasteiger charge is 2.11. The highest BCUT2D eigenvalue weighted by molar-refractivity contribution is 5.79. The number of imidazole rings is 1. The largest absolute Gasteiger partial charge is 0.497 e. The number of hydrogen-bond acceptors (Lipinski definition) is 4. The highest BCUT2D eigenvalue weighted by Crippen LogP contribution is 2.33. The van der Waals surface area contributed by atoms with Gasteiger partial charge in [0.2, 0.25) is 0 Å². The Morgan fingerprint density at radius 1 is 0.852 bits per heavy atom. The molecule has 0 radical (unpaired) electrons. The first-order valence-corrected chi connectivity index (χ1v) is 8.66. The van der Waals surface area contributed by atoms with Crippen LogP contribution in [0.25, 0.3) is 22.4 Å². The number of nitrogens with one attached hydrogen (secondary N) is 1. The smallest absolute Gasteiger partial charge is 0.161 e. The van der Waals surface area contributed by atoms with Gasteiger partial charge in [-0.25, -0.2) is 4.98 Å². The van der Waals surface area contributed by atoms with Gasteiger partial charge in [-0.1, -0.05) is 24.3 Å². The summed E-state index contributed by atoms with van der Waals surface area (Å²) in [5, 5.41) is 0. The molecule has 0 amide bonds. The lowest BCUT2D eigenvalue weighted by Gasteiger charge is -2.12. The molecule has 0 aliphatic rings. The third-order valence-electron chi connectivity index (χ3n) is 4.35. The fourth-order valence-electron chi connectivity index (χ4n) is 2.95. The molecule has 0 aliphatic heterocycles. The van der Waals surface area contributed by atoms with Crippen LogP contribution in [-0.2, 0) is 6.61 Å². The Hall–Kier alpha value is -3.47. The molecule has 0 atom stereocenters. The normalized spacial score (nSPS) is 10.7. The fraction of sp³-hybridized carbons (Fsp3) is 0.136. The second kappa shape index (κ2) is 7.41. The molecular formula is C22H20N2O3. The zero-order valence-corrected chi connectivity index (χ0v) is 15.2. The Labute approximate surface area is 157 Å². The van der Waals surface area contributed by atoms with Crippen LogP contribution in [0.3, 0.4) is 0 Å². The third kappa shape index (κ3) is 3.58. The fourth-order valence-corrected chi connectivity index (χ4v) is 2.95. The minimum atomic E-state index is 0.428. The van der Waals surface area contributed by atoms with E-state index >= 15 is 0 Å².